The number of rotatable bonds is 6. The number of aliphatic hydroxyl groups is 1. The second-order valence-corrected chi connectivity index (χ2v) is 9.56. The molecule has 0 radical (unpaired) electrons. The van der Waals surface area contributed by atoms with Gasteiger partial charge in [0.25, 0.3) is 0 Å². The van der Waals surface area contributed by atoms with Gasteiger partial charge in [0.15, 0.2) is 0 Å². The van der Waals surface area contributed by atoms with Gasteiger partial charge in [-0.2, -0.15) is 11.3 Å². The Balaban J connectivity index is 1.64. The van der Waals surface area contributed by atoms with E-state index in [4.69, 9.17) is 9.97 Å². The molecule has 27 heavy (non-hydrogen) atoms. The molecule has 0 amide bonds. The van der Waals surface area contributed by atoms with Crippen molar-refractivity contribution < 1.29 is 5.11 Å². The molecule has 0 aliphatic carbocycles. The summed E-state index contributed by atoms with van der Waals surface area (Å²) in [7, 11) is 0. The Morgan fingerprint density at radius 3 is 2.74 bits per heavy atom. The molecule has 3 aromatic heterocycles. The fourth-order valence-electron chi connectivity index (χ4n) is 3.56. The first kappa shape index (κ1) is 18.8. The van der Waals surface area contributed by atoms with Crippen LogP contribution in [-0.4, -0.2) is 39.6 Å². The number of fused-ring (bicyclic) bond motifs is 1. The molecular weight excluding hydrogens is 376 g/mol. The van der Waals surface area contributed by atoms with Gasteiger partial charge in [-0.1, -0.05) is 0 Å². The molecule has 0 aromatic carbocycles. The maximum absolute atomic E-state index is 10.9. The smallest absolute Gasteiger partial charge is 0.146 e. The highest BCUT2D eigenvalue weighted by molar-refractivity contribution is 7.18. The minimum atomic E-state index is -0.939. The average Bonchev–Trinajstić information content (AvgIpc) is 3.37. The molecule has 1 aliphatic heterocycles. The number of thiophene rings is 2. The van der Waals surface area contributed by atoms with E-state index in [2.05, 4.69) is 24.1 Å². The van der Waals surface area contributed by atoms with Crippen LogP contribution >= 0.6 is 22.7 Å². The molecule has 0 bridgehead atoms. The lowest BCUT2D eigenvalue weighted by atomic mass is 9.99. The first-order valence-corrected chi connectivity index (χ1v) is 11.2. The quantitative estimate of drug-likeness (QED) is 0.644. The molecule has 1 atom stereocenters. The molecule has 3 aromatic rings. The molecule has 144 valence electrons. The van der Waals surface area contributed by atoms with Crippen molar-refractivity contribution in [2.45, 2.75) is 45.8 Å². The Bertz CT molecular complexity index is 927. The lowest BCUT2D eigenvalue weighted by Crippen LogP contribution is -2.30. The third-order valence-electron chi connectivity index (χ3n) is 5.38. The van der Waals surface area contributed by atoms with Crippen molar-refractivity contribution in [3.63, 3.8) is 0 Å². The Morgan fingerprint density at radius 1 is 1.26 bits per heavy atom. The van der Waals surface area contributed by atoms with Gasteiger partial charge in [0.1, 0.15) is 22.1 Å². The minimum absolute atomic E-state index is 0.410. The predicted molar refractivity (Wildman–Crippen MR) is 114 cm³/mol. The van der Waals surface area contributed by atoms with E-state index in [1.54, 1.807) is 22.7 Å². The monoisotopic (exact) mass is 402 g/mol. The standard InChI is InChI=1S/C20H26N4OS2/c1-13-14(2)27-19-17(13)18(21-12-20(3,25)15-6-9-26-11-15)22-16(23-19)10-24-7-4-5-8-24/h6,9,11,25H,4-5,7-8,10,12H2,1-3H3,(H,21,22,23). The van der Waals surface area contributed by atoms with E-state index in [1.165, 1.54) is 23.3 Å². The zero-order chi connectivity index (χ0) is 19.0. The molecule has 7 heteroatoms. The van der Waals surface area contributed by atoms with Gasteiger partial charge in [0, 0.05) is 11.4 Å². The van der Waals surface area contributed by atoms with E-state index >= 15 is 0 Å². The number of likely N-dealkylation sites (tertiary alicyclic amines) is 1. The summed E-state index contributed by atoms with van der Waals surface area (Å²) in [6.45, 7) is 9.55. The SMILES string of the molecule is Cc1sc2nc(CN3CCCC3)nc(NCC(C)(O)c3ccsc3)c2c1C. The summed E-state index contributed by atoms with van der Waals surface area (Å²) in [6.07, 6.45) is 2.52. The maximum atomic E-state index is 10.9. The van der Waals surface area contributed by atoms with Crippen LogP contribution in [0.1, 0.15) is 41.6 Å². The fourth-order valence-corrected chi connectivity index (χ4v) is 5.39. The van der Waals surface area contributed by atoms with Crippen LogP contribution in [0.5, 0.6) is 0 Å². The van der Waals surface area contributed by atoms with Crippen LogP contribution in [0, 0.1) is 13.8 Å². The highest BCUT2D eigenvalue weighted by atomic mass is 32.1. The molecule has 4 rings (SSSR count). The molecule has 4 heterocycles. The molecular formula is C20H26N4OS2. The summed E-state index contributed by atoms with van der Waals surface area (Å²) in [5, 5.41) is 19.4. The summed E-state index contributed by atoms with van der Waals surface area (Å²) in [4.78, 5) is 14.4. The van der Waals surface area contributed by atoms with Crippen LogP contribution in [0.3, 0.4) is 0 Å². The van der Waals surface area contributed by atoms with Crippen LogP contribution in [0.25, 0.3) is 10.2 Å². The topological polar surface area (TPSA) is 61.3 Å². The zero-order valence-corrected chi connectivity index (χ0v) is 17.7. The van der Waals surface area contributed by atoms with Gasteiger partial charge in [-0.25, -0.2) is 9.97 Å². The maximum Gasteiger partial charge on any atom is 0.146 e. The van der Waals surface area contributed by atoms with Crippen molar-refractivity contribution in [3.05, 3.63) is 38.7 Å². The third-order valence-corrected chi connectivity index (χ3v) is 7.17. The van der Waals surface area contributed by atoms with E-state index in [9.17, 15) is 5.11 Å². The Kier molecular flexibility index (Phi) is 5.20. The van der Waals surface area contributed by atoms with E-state index in [-0.39, 0.29) is 0 Å². The number of aromatic nitrogens is 2. The van der Waals surface area contributed by atoms with Crippen LogP contribution < -0.4 is 5.32 Å². The molecule has 0 saturated carbocycles. The van der Waals surface area contributed by atoms with Crippen LogP contribution in [0.2, 0.25) is 0 Å². The van der Waals surface area contributed by atoms with Gasteiger partial charge in [-0.05, 0) is 74.7 Å². The van der Waals surface area contributed by atoms with Crippen LogP contribution in [0.15, 0.2) is 16.8 Å². The van der Waals surface area contributed by atoms with Gasteiger partial charge >= 0.3 is 0 Å². The highest BCUT2D eigenvalue weighted by Crippen LogP contribution is 2.34. The number of hydrogen-bond donors (Lipinski definition) is 2. The number of hydrogen-bond acceptors (Lipinski definition) is 7. The number of anilines is 1. The Hall–Kier alpha value is -1.54. The van der Waals surface area contributed by atoms with Crippen molar-refractivity contribution in [2.24, 2.45) is 0 Å². The molecule has 0 spiro atoms. The van der Waals surface area contributed by atoms with Crippen LogP contribution in [0.4, 0.5) is 5.82 Å². The van der Waals surface area contributed by atoms with Gasteiger partial charge in [0.05, 0.1) is 11.9 Å². The summed E-state index contributed by atoms with van der Waals surface area (Å²) in [6, 6.07) is 1.97. The highest BCUT2D eigenvalue weighted by Gasteiger charge is 2.25. The molecule has 1 saturated heterocycles. The predicted octanol–water partition coefficient (Wildman–Crippen LogP) is 4.29. The normalized spacial score (nSPS) is 17.5. The lowest BCUT2D eigenvalue weighted by molar-refractivity contribution is 0.0719. The van der Waals surface area contributed by atoms with E-state index < -0.39 is 5.60 Å². The molecule has 2 N–H and O–H groups in total. The Labute approximate surface area is 168 Å². The number of aryl methyl sites for hydroxylation is 2. The molecule has 1 unspecified atom stereocenters. The van der Waals surface area contributed by atoms with Gasteiger partial charge in [-0.3, -0.25) is 4.90 Å². The van der Waals surface area contributed by atoms with E-state index in [0.717, 1.165) is 47.1 Å². The minimum Gasteiger partial charge on any atom is -0.384 e. The zero-order valence-electron chi connectivity index (χ0n) is 16.1. The van der Waals surface area contributed by atoms with Gasteiger partial charge in [-0.15, -0.1) is 11.3 Å². The lowest BCUT2D eigenvalue weighted by Gasteiger charge is -2.23. The van der Waals surface area contributed by atoms with Crippen molar-refractivity contribution >= 4 is 38.7 Å². The van der Waals surface area contributed by atoms with Crippen molar-refractivity contribution in [3.8, 4) is 0 Å². The molecule has 1 fully saturated rings. The van der Waals surface area contributed by atoms with Crippen molar-refractivity contribution in [2.75, 3.05) is 25.0 Å². The van der Waals surface area contributed by atoms with Gasteiger partial charge in [0.2, 0.25) is 0 Å². The molecule has 1 aliphatic rings. The first-order valence-electron chi connectivity index (χ1n) is 9.42. The summed E-state index contributed by atoms with van der Waals surface area (Å²) in [5.41, 5.74) is 1.21. The average molecular weight is 403 g/mol. The summed E-state index contributed by atoms with van der Waals surface area (Å²) < 4.78 is 0. The van der Waals surface area contributed by atoms with Crippen LogP contribution in [-0.2, 0) is 12.1 Å². The number of nitrogens with zero attached hydrogens (tertiary/aromatic N) is 3. The Morgan fingerprint density at radius 2 is 2.04 bits per heavy atom. The van der Waals surface area contributed by atoms with Crippen molar-refractivity contribution in [1.82, 2.24) is 14.9 Å². The fraction of sp³-hybridized carbons (Fsp3) is 0.500. The summed E-state index contributed by atoms with van der Waals surface area (Å²) in [5.74, 6) is 1.70. The summed E-state index contributed by atoms with van der Waals surface area (Å²) >= 11 is 3.33. The second kappa shape index (κ2) is 7.47. The van der Waals surface area contributed by atoms with Gasteiger partial charge < -0.3 is 10.4 Å². The second-order valence-electron chi connectivity index (χ2n) is 7.57. The van der Waals surface area contributed by atoms with Crippen molar-refractivity contribution in [1.29, 1.82) is 0 Å². The molecule has 5 nitrogen and oxygen atoms in total. The number of nitrogens with one attached hydrogen (secondary N) is 1. The third kappa shape index (κ3) is 3.87. The van der Waals surface area contributed by atoms with E-state index in [1.807, 2.05) is 23.8 Å². The first-order chi connectivity index (χ1) is 12.9. The largest absolute Gasteiger partial charge is 0.384 e. The van der Waals surface area contributed by atoms with E-state index in [0.29, 0.717) is 6.54 Å².